The predicted octanol–water partition coefficient (Wildman–Crippen LogP) is 2.38. The van der Waals surface area contributed by atoms with Crippen LogP contribution in [0.1, 0.15) is 11.4 Å². The lowest BCUT2D eigenvalue weighted by Crippen LogP contribution is -2.29. The van der Waals surface area contributed by atoms with Gasteiger partial charge in [0.1, 0.15) is 0 Å². The van der Waals surface area contributed by atoms with Crippen LogP contribution >= 0.6 is 0 Å². The Balaban J connectivity index is 2.82. The highest BCUT2D eigenvalue weighted by molar-refractivity contribution is 6.74. The maximum Gasteiger partial charge on any atom is 0.0693 e. The fraction of sp³-hybridized carbons (Fsp3) is 0.667. The molecule has 1 rings (SSSR count). The third-order valence-electron chi connectivity index (χ3n) is 1.73. The van der Waals surface area contributed by atoms with E-state index in [4.69, 9.17) is 0 Å². The van der Waals surface area contributed by atoms with Crippen LogP contribution in [0.2, 0.25) is 19.6 Å². The molecule has 0 amide bonds. The molecule has 0 spiro atoms. The van der Waals surface area contributed by atoms with Crippen LogP contribution in [-0.2, 0) is 6.17 Å². The summed E-state index contributed by atoms with van der Waals surface area (Å²) in [5.41, 5.74) is 2.42. The van der Waals surface area contributed by atoms with Crippen molar-refractivity contribution in [3.05, 3.63) is 17.5 Å². The van der Waals surface area contributed by atoms with E-state index in [0.717, 1.165) is 11.9 Å². The SMILES string of the molecule is Cc1cc(C)n(C[Si](C)(C)C)n1. The third-order valence-corrected chi connectivity index (χ3v) is 2.98. The minimum absolute atomic E-state index is 1.02. The van der Waals surface area contributed by atoms with Gasteiger partial charge in [-0.1, -0.05) is 19.6 Å². The zero-order chi connectivity index (χ0) is 9.35. The number of hydrogen-bond donors (Lipinski definition) is 0. The lowest BCUT2D eigenvalue weighted by atomic mass is 10.4. The summed E-state index contributed by atoms with van der Waals surface area (Å²) in [6.45, 7) is 11.3. The fourth-order valence-corrected chi connectivity index (χ4v) is 2.50. The van der Waals surface area contributed by atoms with Crippen molar-refractivity contribution in [2.75, 3.05) is 0 Å². The summed E-state index contributed by atoms with van der Waals surface area (Å²) in [6.07, 6.45) is 1.13. The molecule has 0 aliphatic rings. The molecule has 0 aromatic carbocycles. The average molecular weight is 182 g/mol. The molecule has 0 fully saturated rings. The molecule has 0 atom stereocenters. The third kappa shape index (κ3) is 2.48. The molecule has 0 unspecified atom stereocenters. The highest BCUT2D eigenvalue weighted by Crippen LogP contribution is 2.08. The first-order valence-electron chi connectivity index (χ1n) is 4.39. The van der Waals surface area contributed by atoms with Gasteiger partial charge in [-0.25, -0.2) is 0 Å². The van der Waals surface area contributed by atoms with Crippen molar-refractivity contribution in [3.63, 3.8) is 0 Å². The van der Waals surface area contributed by atoms with Gasteiger partial charge in [0.15, 0.2) is 0 Å². The molecule has 0 saturated heterocycles. The van der Waals surface area contributed by atoms with E-state index in [1.807, 2.05) is 6.92 Å². The van der Waals surface area contributed by atoms with Crippen LogP contribution in [0.15, 0.2) is 6.07 Å². The summed E-state index contributed by atoms with van der Waals surface area (Å²) in [6, 6.07) is 2.14. The van der Waals surface area contributed by atoms with Crippen molar-refractivity contribution >= 4 is 8.07 Å². The minimum Gasteiger partial charge on any atom is -0.273 e. The zero-order valence-corrected chi connectivity index (χ0v) is 9.68. The first kappa shape index (κ1) is 9.51. The van der Waals surface area contributed by atoms with Gasteiger partial charge >= 0.3 is 0 Å². The molecule has 0 aliphatic carbocycles. The monoisotopic (exact) mass is 182 g/mol. The van der Waals surface area contributed by atoms with E-state index >= 15 is 0 Å². The molecule has 0 saturated carbocycles. The van der Waals surface area contributed by atoms with Crippen molar-refractivity contribution < 1.29 is 0 Å². The number of aromatic nitrogens is 2. The molecule has 0 radical (unpaired) electrons. The zero-order valence-electron chi connectivity index (χ0n) is 8.68. The van der Waals surface area contributed by atoms with Gasteiger partial charge in [-0.05, 0) is 19.9 Å². The Bertz CT molecular complexity index is 271. The van der Waals surface area contributed by atoms with Gasteiger partial charge in [0.05, 0.1) is 13.8 Å². The summed E-state index contributed by atoms with van der Waals surface area (Å²) in [5, 5.41) is 4.45. The number of rotatable bonds is 2. The standard InChI is InChI=1S/C9H18N2Si/c1-8-6-9(2)11(10-8)7-12(3,4)5/h6H,7H2,1-5H3. The molecule has 1 heterocycles. The van der Waals surface area contributed by atoms with Gasteiger partial charge in [-0.2, -0.15) is 5.10 Å². The van der Waals surface area contributed by atoms with Crippen molar-refractivity contribution in [1.82, 2.24) is 9.78 Å². The summed E-state index contributed by atoms with van der Waals surface area (Å²) < 4.78 is 2.14. The van der Waals surface area contributed by atoms with E-state index in [9.17, 15) is 0 Å². The van der Waals surface area contributed by atoms with Gasteiger partial charge in [-0.15, -0.1) is 0 Å². The molecule has 68 valence electrons. The largest absolute Gasteiger partial charge is 0.273 e. The summed E-state index contributed by atoms with van der Waals surface area (Å²) in [5.74, 6) is 0. The van der Waals surface area contributed by atoms with E-state index < -0.39 is 8.07 Å². The summed E-state index contributed by atoms with van der Waals surface area (Å²) >= 11 is 0. The van der Waals surface area contributed by atoms with Crippen molar-refractivity contribution in [2.45, 2.75) is 39.7 Å². The maximum atomic E-state index is 4.45. The van der Waals surface area contributed by atoms with Crippen LogP contribution in [0.3, 0.4) is 0 Å². The van der Waals surface area contributed by atoms with E-state index in [1.54, 1.807) is 0 Å². The van der Waals surface area contributed by atoms with Crippen LogP contribution in [-0.4, -0.2) is 17.9 Å². The lowest BCUT2D eigenvalue weighted by molar-refractivity contribution is 0.693. The molecule has 2 nitrogen and oxygen atoms in total. The van der Waals surface area contributed by atoms with Gasteiger partial charge in [0, 0.05) is 11.9 Å². The Kier molecular flexibility index (Phi) is 2.42. The molecule has 0 bridgehead atoms. The Morgan fingerprint density at radius 1 is 1.33 bits per heavy atom. The van der Waals surface area contributed by atoms with Gasteiger partial charge < -0.3 is 0 Å². The number of aryl methyl sites for hydroxylation is 2. The van der Waals surface area contributed by atoms with Gasteiger partial charge in [0.25, 0.3) is 0 Å². The first-order chi connectivity index (χ1) is 5.38. The first-order valence-corrected chi connectivity index (χ1v) is 8.10. The normalized spacial score (nSPS) is 12.1. The van der Waals surface area contributed by atoms with Crippen molar-refractivity contribution in [2.24, 2.45) is 0 Å². The van der Waals surface area contributed by atoms with Gasteiger partial charge in [0.2, 0.25) is 0 Å². The molecule has 12 heavy (non-hydrogen) atoms. The van der Waals surface area contributed by atoms with Crippen LogP contribution in [0.25, 0.3) is 0 Å². The van der Waals surface area contributed by atoms with E-state index in [1.165, 1.54) is 5.69 Å². The molecular formula is C9H18N2Si. The molecule has 0 aliphatic heterocycles. The van der Waals surface area contributed by atoms with Crippen molar-refractivity contribution in [3.8, 4) is 0 Å². The number of nitrogens with zero attached hydrogens (tertiary/aromatic N) is 2. The smallest absolute Gasteiger partial charge is 0.0693 e. The Morgan fingerprint density at radius 3 is 2.25 bits per heavy atom. The Hall–Kier alpha value is -0.573. The van der Waals surface area contributed by atoms with Crippen molar-refractivity contribution in [1.29, 1.82) is 0 Å². The molecular weight excluding hydrogens is 164 g/mol. The minimum atomic E-state index is -1.02. The molecule has 0 N–H and O–H groups in total. The summed E-state index contributed by atoms with van der Waals surface area (Å²) in [7, 11) is -1.02. The van der Waals surface area contributed by atoms with E-state index in [2.05, 4.69) is 42.4 Å². The fourth-order valence-electron chi connectivity index (χ4n) is 1.28. The molecule has 1 aromatic heterocycles. The maximum absolute atomic E-state index is 4.45. The highest BCUT2D eigenvalue weighted by Gasteiger charge is 2.15. The Labute approximate surface area is 75.6 Å². The van der Waals surface area contributed by atoms with Crippen LogP contribution in [0, 0.1) is 13.8 Å². The molecule has 3 heteroatoms. The second kappa shape index (κ2) is 3.05. The van der Waals surface area contributed by atoms with Crippen LogP contribution < -0.4 is 0 Å². The second-order valence-corrected chi connectivity index (χ2v) is 10.1. The highest BCUT2D eigenvalue weighted by atomic mass is 28.3. The van der Waals surface area contributed by atoms with Gasteiger partial charge in [-0.3, -0.25) is 4.68 Å². The topological polar surface area (TPSA) is 17.8 Å². The second-order valence-electron chi connectivity index (χ2n) is 4.65. The van der Waals surface area contributed by atoms with E-state index in [0.29, 0.717) is 0 Å². The van der Waals surface area contributed by atoms with Crippen LogP contribution in [0.5, 0.6) is 0 Å². The number of hydrogen-bond acceptors (Lipinski definition) is 1. The Morgan fingerprint density at radius 2 is 1.92 bits per heavy atom. The van der Waals surface area contributed by atoms with E-state index in [-0.39, 0.29) is 0 Å². The molecule has 1 aromatic rings. The summed E-state index contributed by atoms with van der Waals surface area (Å²) in [4.78, 5) is 0. The predicted molar refractivity (Wildman–Crippen MR) is 55.0 cm³/mol. The average Bonchev–Trinajstić information content (AvgIpc) is 2.06. The quantitative estimate of drug-likeness (QED) is 0.642. The lowest BCUT2D eigenvalue weighted by Gasteiger charge is -2.16. The van der Waals surface area contributed by atoms with Crippen LogP contribution in [0.4, 0.5) is 0 Å².